The quantitative estimate of drug-likeness (QED) is 0.0563. The fourth-order valence-corrected chi connectivity index (χ4v) is 4.74. The first-order chi connectivity index (χ1) is 20.3. The minimum absolute atomic E-state index is 0.0516. The maximum Gasteiger partial charge on any atom is 0.268 e. The molecule has 0 radical (unpaired) electrons. The Morgan fingerprint density at radius 1 is 0.930 bits per heavy atom. The molecular formula is C27H26ClIN6O6S2. The number of para-hydroxylation sites is 2. The molecule has 43 heavy (non-hydrogen) atoms. The number of carbonyl (C=O) groups is 1. The fourth-order valence-electron chi connectivity index (χ4n) is 3.85. The van der Waals surface area contributed by atoms with Crippen LogP contribution in [0.4, 0.5) is 0 Å². The lowest BCUT2D eigenvalue weighted by Gasteiger charge is -1.95. The Bertz CT molecular complexity index is 1990. The number of halogens is 2. The highest BCUT2D eigenvalue weighted by molar-refractivity contribution is 14.1. The number of hydrogen-bond donors (Lipinski definition) is 3. The van der Waals surface area contributed by atoms with Crippen molar-refractivity contribution < 1.29 is 28.4 Å². The van der Waals surface area contributed by atoms with Gasteiger partial charge in [-0.05, 0) is 68.4 Å². The van der Waals surface area contributed by atoms with Gasteiger partial charge in [0.05, 0.1) is 27.1 Å². The van der Waals surface area contributed by atoms with Gasteiger partial charge in [-0.2, -0.15) is 15.3 Å². The zero-order valence-electron chi connectivity index (χ0n) is 23.2. The van der Waals surface area contributed by atoms with Crippen molar-refractivity contribution in [3.8, 4) is 0 Å². The molecule has 0 aliphatic carbocycles. The molecule has 0 atom stereocenters. The van der Waals surface area contributed by atoms with E-state index in [1.54, 1.807) is 28.7 Å². The molecule has 6 aromatic rings. The van der Waals surface area contributed by atoms with Crippen molar-refractivity contribution in [1.82, 2.24) is 30.2 Å². The van der Waals surface area contributed by atoms with Crippen LogP contribution in [0.25, 0.3) is 32.7 Å². The van der Waals surface area contributed by atoms with Crippen molar-refractivity contribution >= 4 is 96.2 Å². The summed E-state index contributed by atoms with van der Waals surface area (Å²) in [4.78, 5) is 15.1. The number of aromatic nitrogens is 6. The number of benzene rings is 3. The topological polar surface area (TPSA) is 165 Å². The van der Waals surface area contributed by atoms with Gasteiger partial charge < -0.3 is 0 Å². The summed E-state index contributed by atoms with van der Waals surface area (Å²) < 4.78 is 23.6. The van der Waals surface area contributed by atoms with Crippen molar-refractivity contribution in [2.75, 3.05) is 0 Å². The van der Waals surface area contributed by atoms with E-state index >= 15 is 0 Å². The van der Waals surface area contributed by atoms with Crippen LogP contribution in [0.3, 0.4) is 0 Å². The molecule has 12 nitrogen and oxygen atoms in total. The summed E-state index contributed by atoms with van der Waals surface area (Å²) in [6.45, 7) is 7.26. The number of nitrogens with one attached hydrogen (secondary N) is 2. The molecule has 3 heterocycles. The third-order valence-corrected chi connectivity index (χ3v) is 7.42. The zero-order valence-corrected chi connectivity index (χ0v) is 27.7. The van der Waals surface area contributed by atoms with Crippen LogP contribution < -0.4 is 0 Å². The Hall–Kier alpha value is -3.48. The summed E-state index contributed by atoms with van der Waals surface area (Å²) in [5.41, 5.74) is 5.50. The van der Waals surface area contributed by atoms with Gasteiger partial charge in [-0.3, -0.25) is 19.9 Å². The minimum Gasteiger partial charge on any atom is -0.290 e. The van der Waals surface area contributed by atoms with Gasteiger partial charge in [0.25, 0.3) is 12.1 Å². The van der Waals surface area contributed by atoms with Gasteiger partial charge in [0, 0.05) is 67.7 Å². The second-order valence-electron chi connectivity index (χ2n) is 8.76. The molecule has 0 bridgehead atoms. The van der Waals surface area contributed by atoms with Gasteiger partial charge in [0.1, 0.15) is 0 Å². The minimum atomic E-state index is -3.66. The van der Waals surface area contributed by atoms with Crippen molar-refractivity contribution in [3.63, 3.8) is 0 Å². The fraction of sp³-hybridized carbons (Fsp3) is 0.148. The number of rotatable bonds is 2. The highest BCUT2D eigenvalue weighted by Gasteiger charge is 2.12. The lowest BCUT2D eigenvalue weighted by molar-refractivity contribution is -0.446. The average molecular weight is 757 g/mol. The van der Waals surface area contributed by atoms with Crippen molar-refractivity contribution in [2.45, 2.75) is 32.6 Å². The first-order valence-electron chi connectivity index (χ1n) is 12.3. The largest absolute Gasteiger partial charge is 0.290 e. The summed E-state index contributed by atoms with van der Waals surface area (Å²) >= 11 is 5.94. The van der Waals surface area contributed by atoms with Crippen LogP contribution in [0.1, 0.15) is 28.8 Å². The molecule has 0 spiro atoms. The van der Waals surface area contributed by atoms with Crippen LogP contribution in [0, 0.1) is 20.8 Å². The number of aromatic amines is 2. The number of fused-ring (bicyclic) bond motifs is 3. The van der Waals surface area contributed by atoms with E-state index in [0.717, 1.165) is 44.4 Å². The summed E-state index contributed by atoms with van der Waals surface area (Å²) in [6, 6.07) is 20.4. The number of nitrogens with zero attached hydrogens (tertiary/aromatic N) is 4. The van der Waals surface area contributed by atoms with E-state index in [2.05, 4.69) is 53.7 Å². The summed E-state index contributed by atoms with van der Waals surface area (Å²) in [7, 11) is 1.56. The molecule has 0 aliphatic rings. The molecule has 0 aliphatic heterocycles. The smallest absolute Gasteiger partial charge is 0.268 e. The molecule has 0 amide bonds. The van der Waals surface area contributed by atoms with Crippen molar-refractivity contribution in [1.29, 1.82) is 0 Å². The van der Waals surface area contributed by atoms with Crippen LogP contribution in [0.2, 0.25) is 0 Å². The molecule has 3 N–H and O–H groups in total. The molecular weight excluding hydrogens is 731 g/mol. The molecule has 0 unspecified atom stereocenters. The predicted octanol–water partition coefficient (Wildman–Crippen LogP) is 6.80. The predicted molar refractivity (Wildman–Crippen MR) is 177 cm³/mol. The Kier molecular flexibility index (Phi) is 12.1. The molecule has 6 rings (SSSR count). The van der Waals surface area contributed by atoms with Crippen LogP contribution in [-0.2, 0) is 19.0 Å². The van der Waals surface area contributed by atoms with Gasteiger partial charge in [-0.25, -0.2) is 18.4 Å². The van der Waals surface area contributed by atoms with E-state index < -0.39 is 9.05 Å². The lowest BCUT2D eigenvalue weighted by Crippen LogP contribution is -2.06. The molecule has 3 aromatic heterocycles. The molecule has 0 saturated carbocycles. The van der Waals surface area contributed by atoms with Crippen LogP contribution >= 0.6 is 45.5 Å². The van der Waals surface area contributed by atoms with Crippen molar-refractivity contribution in [3.05, 3.63) is 83.8 Å². The molecule has 16 heteroatoms. The van der Waals surface area contributed by atoms with E-state index in [1.807, 2.05) is 63.2 Å². The maximum absolute atomic E-state index is 11.2. The number of hydrogen-bond acceptors (Lipinski definition) is 10. The Labute approximate surface area is 269 Å². The van der Waals surface area contributed by atoms with Gasteiger partial charge in [-0.1, -0.05) is 36.4 Å². The van der Waals surface area contributed by atoms with Crippen LogP contribution in [0.15, 0.2) is 71.6 Å². The SMILES string of the molecule is CC(=O)n1nc(C)c2ccccc21.Cc1[nH]nc2ccc(S(=O)(=O)Cl)cc12.Cc1[nH]nc2ccccc12.OOOC(=S)I. The maximum atomic E-state index is 11.2. The number of H-pyrrole nitrogens is 2. The zero-order chi connectivity index (χ0) is 31.7. The first kappa shape index (κ1) is 34.0. The number of aryl methyl sites for hydroxylation is 3. The van der Waals surface area contributed by atoms with E-state index in [9.17, 15) is 13.2 Å². The third-order valence-electron chi connectivity index (χ3n) is 5.82. The molecule has 226 valence electrons. The average Bonchev–Trinajstić information content (AvgIpc) is 3.64. The van der Waals surface area contributed by atoms with E-state index in [0.29, 0.717) is 0 Å². The second kappa shape index (κ2) is 15.3. The highest BCUT2D eigenvalue weighted by Crippen LogP contribution is 2.22. The highest BCUT2D eigenvalue weighted by atomic mass is 127. The summed E-state index contributed by atoms with van der Waals surface area (Å²) in [6.07, 6.45) is 0. The first-order valence-corrected chi connectivity index (χ1v) is 16.0. The van der Waals surface area contributed by atoms with Crippen molar-refractivity contribution in [2.24, 2.45) is 0 Å². The van der Waals surface area contributed by atoms with E-state index in [-0.39, 0.29) is 13.9 Å². The Balaban J connectivity index is 0.000000163. The monoisotopic (exact) mass is 756 g/mol. The third kappa shape index (κ3) is 9.25. The normalized spacial score (nSPS) is 10.7. The van der Waals surface area contributed by atoms with Gasteiger partial charge in [0.2, 0.25) is 5.91 Å². The summed E-state index contributed by atoms with van der Waals surface area (Å²) in [5, 5.41) is 31.5. The molecule has 0 saturated heterocycles. The van der Waals surface area contributed by atoms with Crippen LogP contribution in [0.5, 0.6) is 0 Å². The van der Waals surface area contributed by atoms with E-state index in [1.165, 1.54) is 29.1 Å². The van der Waals surface area contributed by atoms with Gasteiger partial charge >= 0.3 is 0 Å². The Morgan fingerprint density at radius 3 is 2.02 bits per heavy atom. The second-order valence-corrected chi connectivity index (χ2v) is 13.4. The van der Waals surface area contributed by atoms with E-state index in [4.69, 9.17) is 15.9 Å². The standard InChI is InChI=1S/C10H10N2O.C8H7ClN2O2S.C8H8N2.CHIO3S/c1-7-9-5-3-4-6-10(9)12(11-7)8(2)13;1-5-7-4-6(14(9,12)13)2-3-8(7)11-10-5;1-6-7-4-2-3-5-8(7)10-9-6;2-1(6)4-5-3/h3-6H,1-2H3;2-4H,1H3,(H,10,11);2-5H,1H3,(H,9,10);3H. The molecule has 3 aromatic carbocycles. The lowest BCUT2D eigenvalue weighted by atomic mass is 10.2. The molecule has 0 fully saturated rings. The van der Waals surface area contributed by atoms with Crippen LogP contribution in [-0.4, -0.2) is 52.8 Å². The van der Waals surface area contributed by atoms with Gasteiger partial charge in [-0.15, -0.1) is 0 Å². The van der Waals surface area contributed by atoms with Gasteiger partial charge in [0.15, 0.2) is 0 Å². The Morgan fingerprint density at radius 2 is 1.49 bits per heavy atom. The number of carbonyl (C=O) groups excluding carboxylic acids is 1. The number of thiocarbonyl (C=S) groups is 1. The summed E-state index contributed by atoms with van der Waals surface area (Å²) in [5.74, 6) is -0.0516.